The number of benzene rings is 3. The summed E-state index contributed by atoms with van der Waals surface area (Å²) in [5.41, 5.74) is 4.92. The van der Waals surface area contributed by atoms with Crippen molar-refractivity contribution in [3.05, 3.63) is 53.6 Å². The maximum Gasteiger partial charge on any atom is 0.252 e. The number of hydrogen-bond acceptors (Lipinski definition) is 5. The van der Waals surface area contributed by atoms with E-state index in [0.29, 0.717) is 18.5 Å². The average molecular weight is 497 g/mol. The number of likely N-dealkylation sites (N-methyl/N-ethyl adjacent to an activating group) is 1. The highest BCUT2D eigenvalue weighted by molar-refractivity contribution is 6.31. The number of fused-ring (bicyclic) bond motifs is 13. The van der Waals surface area contributed by atoms with Gasteiger partial charge in [-0.3, -0.25) is 4.79 Å². The number of phenolic OH excluding ortho intramolecular Hbond substituents is 1. The molecule has 2 N–H and O–H groups in total. The van der Waals surface area contributed by atoms with Crippen LogP contribution in [0.25, 0.3) is 43.6 Å². The number of aromatic nitrogens is 2. The molecule has 0 unspecified atom stereocenters. The first kappa shape index (κ1) is 21.5. The van der Waals surface area contributed by atoms with Crippen molar-refractivity contribution >= 4 is 49.5 Å². The molecule has 5 aromatic rings. The average Bonchev–Trinajstić information content (AvgIpc) is 3.51. The Balaban J connectivity index is 1.70. The number of ether oxygens (including phenoxy) is 2. The molecular formula is C29H28N4O4. The molecule has 0 aliphatic carbocycles. The zero-order chi connectivity index (χ0) is 25.4. The van der Waals surface area contributed by atoms with E-state index in [1.807, 2.05) is 6.07 Å². The first-order valence-corrected chi connectivity index (χ1v) is 12.8. The Kier molecular flexibility index (Phi) is 3.97. The topological polar surface area (TPSA) is 80.9 Å². The number of carbonyl (C=O) groups is 1. The Morgan fingerprint density at radius 1 is 1.11 bits per heavy atom. The molecule has 188 valence electrons. The van der Waals surface area contributed by atoms with Crippen molar-refractivity contribution in [2.75, 3.05) is 21.2 Å². The highest BCUT2D eigenvalue weighted by Gasteiger charge is 2.53. The van der Waals surface area contributed by atoms with E-state index < -0.39 is 5.72 Å². The predicted molar refractivity (Wildman–Crippen MR) is 142 cm³/mol. The lowest BCUT2D eigenvalue weighted by Gasteiger charge is -2.50. The number of carbonyl (C=O) groups excluding carboxylic acids is 1. The van der Waals surface area contributed by atoms with Gasteiger partial charge < -0.3 is 33.9 Å². The number of para-hydroxylation sites is 1. The molecule has 0 spiro atoms. The van der Waals surface area contributed by atoms with Gasteiger partial charge in [-0.15, -0.1) is 0 Å². The molecule has 8 rings (SSSR count). The van der Waals surface area contributed by atoms with Gasteiger partial charge in [0.25, 0.3) is 5.91 Å². The van der Waals surface area contributed by atoms with Crippen LogP contribution in [-0.4, -0.2) is 58.4 Å². The number of amides is 1. The van der Waals surface area contributed by atoms with Crippen molar-refractivity contribution in [2.45, 2.75) is 44.0 Å². The second-order valence-electron chi connectivity index (χ2n) is 11.0. The lowest BCUT2D eigenvalue weighted by molar-refractivity contribution is -0.266. The predicted octanol–water partition coefficient (Wildman–Crippen LogP) is 4.40. The summed E-state index contributed by atoms with van der Waals surface area (Å²) in [5.74, 6) is 0.104. The fraction of sp³-hybridized carbons (Fsp3) is 0.345. The smallest absolute Gasteiger partial charge is 0.252 e. The molecule has 3 aliphatic heterocycles. The first-order chi connectivity index (χ1) is 17.8. The van der Waals surface area contributed by atoms with Gasteiger partial charge in [-0.2, -0.15) is 0 Å². The number of nitrogens with zero attached hydrogens (tertiary/aromatic N) is 3. The molecule has 1 saturated heterocycles. The molecule has 0 saturated carbocycles. The minimum Gasteiger partial charge on any atom is -0.508 e. The van der Waals surface area contributed by atoms with Crippen LogP contribution in [0.2, 0.25) is 0 Å². The van der Waals surface area contributed by atoms with Crippen LogP contribution in [-0.2, 0) is 21.7 Å². The molecule has 0 radical (unpaired) electrons. The van der Waals surface area contributed by atoms with Gasteiger partial charge in [-0.25, -0.2) is 0 Å². The van der Waals surface area contributed by atoms with Crippen molar-refractivity contribution in [1.29, 1.82) is 0 Å². The third kappa shape index (κ3) is 2.37. The minimum atomic E-state index is -0.812. The van der Waals surface area contributed by atoms with Gasteiger partial charge >= 0.3 is 0 Å². The van der Waals surface area contributed by atoms with Gasteiger partial charge in [0.2, 0.25) is 0 Å². The molecule has 2 bridgehead atoms. The summed E-state index contributed by atoms with van der Waals surface area (Å²) in [7, 11) is 5.95. The van der Waals surface area contributed by atoms with E-state index in [-0.39, 0.29) is 30.0 Å². The summed E-state index contributed by atoms with van der Waals surface area (Å²) in [6, 6.07) is 13.9. The number of hydrogen-bond donors (Lipinski definition) is 2. The fourth-order valence-corrected chi connectivity index (χ4v) is 7.55. The summed E-state index contributed by atoms with van der Waals surface area (Å²) < 4.78 is 17.9. The standard InChI is InChI=1S/C29H28N4O4/c1-29-27(36-4)20(31(2)3)12-21(37-29)32-18-10-9-14(34)11-16(18)23-24-17(13-30-28(24)35)22-15-7-5-6-8-19(15)33(29)26(22)25(23)32/h5-11,20-21,27,34H,12-13H2,1-4H3,(H,30,35)/t20-,21+,27-,29+/m1/s1. The van der Waals surface area contributed by atoms with Crippen LogP contribution in [0, 0.1) is 0 Å². The van der Waals surface area contributed by atoms with Crippen LogP contribution in [0.15, 0.2) is 42.5 Å². The second-order valence-corrected chi connectivity index (χ2v) is 11.0. The van der Waals surface area contributed by atoms with E-state index >= 15 is 0 Å². The highest BCUT2D eigenvalue weighted by Crippen LogP contribution is 2.54. The molecule has 5 heterocycles. The molecule has 1 amide bonds. The maximum absolute atomic E-state index is 13.4. The number of phenols is 1. The molecule has 3 aliphatic rings. The van der Waals surface area contributed by atoms with Gasteiger partial charge in [-0.05, 0) is 50.8 Å². The van der Waals surface area contributed by atoms with Crippen LogP contribution < -0.4 is 5.32 Å². The fourth-order valence-electron chi connectivity index (χ4n) is 7.55. The molecule has 37 heavy (non-hydrogen) atoms. The maximum atomic E-state index is 13.4. The summed E-state index contributed by atoms with van der Waals surface area (Å²) >= 11 is 0. The quantitative estimate of drug-likeness (QED) is 0.379. The van der Waals surface area contributed by atoms with E-state index in [0.717, 1.165) is 49.2 Å². The van der Waals surface area contributed by atoms with E-state index in [2.05, 4.69) is 64.6 Å². The number of nitrogens with one attached hydrogen (secondary N) is 1. The van der Waals surface area contributed by atoms with Crippen LogP contribution in [0.4, 0.5) is 0 Å². The van der Waals surface area contributed by atoms with Crippen LogP contribution in [0.1, 0.15) is 35.5 Å². The number of methoxy groups -OCH3 is 1. The summed E-state index contributed by atoms with van der Waals surface area (Å²) in [5, 5.41) is 17.5. The number of rotatable bonds is 2. The molecule has 8 heteroatoms. The zero-order valence-electron chi connectivity index (χ0n) is 21.2. The Hall–Kier alpha value is -3.59. The normalized spacial score (nSPS) is 26.6. The molecule has 3 aromatic carbocycles. The lowest BCUT2D eigenvalue weighted by atomic mass is 9.92. The van der Waals surface area contributed by atoms with Crippen LogP contribution in [0.3, 0.4) is 0 Å². The monoisotopic (exact) mass is 496 g/mol. The zero-order valence-corrected chi connectivity index (χ0v) is 21.2. The second kappa shape index (κ2) is 6.83. The van der Waals surface area contributed by atoms with Crippen LogP contribution >= 0.6 is 0 Å². The van der Waals surface area contributed by atoms with Gasteiger partial charge in [-0.1, -0.05) is 18.2 Å². The van der Waals surface area contributed by atoms with Crippen molar-refractivity contribution in [3.8, 4) is 5.75 Å². The van der Waals surface area contributed by atoms with Gasteiger partial charge in [0.05, 0.1) is 27.6 Å². The SMILES string of the molecule is CO[C@@H]1[C@H](N(C)C)C[C@@H]2O[C@]1(C)n1c3ccccc3c3c4c(c5c6cc(O)ccc6n2c5c31)C(=O)NC4. The van der Waals surface area contributed by atoms with E-state index in [1.54, 1.807) is 19.2 Å². The first-order valence-electron chi connectivity index (χ1n) is 12.8. The summed E-state index contributed by atoms with van der Waals surface area (Å²) in [6.07, 6.45) is 0.187. The van der Waals surface area contributed by atoms with E-state index in [4.69, 9.17) is 9.47 Å². The largest absolute Gasteiger partial charge is 0.508 e. The van der Waals surface area contributed by atoms with Crippen molar-refractivity contribution in [1.82, 2.24) is 19.4 Å². The van der Waals surface area contributed by atoms with Gasteiger partial charge in [0, 0.05) is 47.7 Å². The third-order valence-electron chi connectivity index (χ3n) is 8.94. The van der Waals surface area contributed by atoms with Crippen molar-refractivity contribution < 1.29 is 19.4 Å². The van der Waals surface area contributed by atoms with Crippen LogP contribution in [0.5, 0.6) is 5.75 Å². The third-order valence-corrected chi connectivity index (χ3v) is 8.94. The van der Waals surface area contributed by atoms with Gasteiger partial charge in [0.15, 0.2) is 5.72 Å². The Morgan fingerprint density at radius 3 is 2.70 bits per heavy atom. The Bertz CT molecular complexity index is 1830. The minimum absolute atomic E-state index is 0.0728. The van der Waals surface area contributed by atoms with Crippen molar-refractivity contribution in [2.24, 2.45) is 0 Å². The Labute approximate surface area is 212 Å². The summed E-state index contributed by atoms with van der Waals surface area (Å²) in [4.78, 5) is 15.6. The highest BCUT2D eigenvalue weighted by atomic mass is 16.6. The lowest BCUT2D eigenvalue weighted by Crippen LogP contribution is -2.59. The molecule has 2 aromatic heterocycles. The molecule has 8 nitrogen and oxygen atoms in total. The Morgan fingerprint density at radius 2 is 1.92 bits per heavy atom. The van der Waals surface area contributed by atoms with Crippen molar-refractivity contribution in [3.63, 3.8) is 0 Å². The summed E-state index contributed by atoms with van der Waals surface area (Å²) in [6.45, 7) is 2.60. The molecular weight excluding hydrogens is 468 g/mol. The molecule has 4 atom stereocenters. The van der Waals surface area contributed by atoms with Gasteiger partial charge in [0.1, 0.15) is 18.1 Å². The number of aromatic hydroxyl groups is 1. The van der Waals surface area contributed by atoms with E-state index in [1.165, 1.54) is 0 Å². The van der Waals surface area contributed by atoms with E-state index in [9.17, 15) is 9.90 Å². The molecule has 1 fully saturated rings.